The van der Waals surface area contributed by atoms with Gasteiger partial charge in [0.1, 0.15) is 0 Å². The molecule has 0 radical (unpaired) electrons. The van der Waals surface area contributed by atoms with E-state index in [0.29, 0.717) is 0 Å². The molecule has 2 N–H and O–H groups in total. The van der Waals surface area contributed by atoms with Crippen molar-refractivity contribution in [3.63, 3.8) is 0 Å². The minimum Gasteiger partial charge on any atom is -0.329 e. The molecule has 0 spiro atoms. The average Bonchev–Trinajstić information content (AvgIpc) is 2.59. The van der Waals surface area contributed by atoms with E-state index < -0.39 is 0 Å². The number of unbranched alkanes of at least 4 members (excludes halogenated alkanes) is 7. The van der Waals surface area contributed by atoms with Crippen molar-refractivity contribution < 1.29 is 0 Å². The Labute approximate surface area is 143 Å². The van der Waals surface area contributed by atoms with Crippen molar-refractivity contribution in [1.29, 1.82) is 0 Å². The van der Waals surface area contributed by atoms with Gasteiger partial charge in [-0.05, 0) is 37.8 Å². The first kappa shape index (κ1) is 18.2. The Hall–Kier alpha value is -2.10. The summed E-state index contributed by atoms with van der Waals surface area (Å²) < 4.78 is 0. The number of aromatic amines is 2. The van der Waals surface area contributed by atoms with Crippen LogP contribution in [0.4, 0.5) is 0 Å². The number of aromatic nitrogens is 2. The van der Waals surface area contributed by atoms with Gasteiger partial charge in [0.15, 0.2) is 0 Å². The number of rotatable bonds is 11. The van der Waals surface area contributed by atoms with Crippen molar-refractivity contribution in [1.82, 2.24) is 9.97 Å². The highest BCUT2D eigenvalue weighted by atomic mass is 16.1. The number of hydrogen-bond acceptors (Lipinski definition) is 2. The van der Waals surface area contributed by atoms with Crippen LogP contribution in [0.5, 0.6) is 0 Å². The van der Waals surface area contributed by atoms with E-state index in [9.17, 15) is 9.59 Å². The molecule has 2 heterocycles. The Kier molecular flexibility index (Phi) is 8.08. The normalized spacial score (nSPS) is 10.8. The van der Waals surface area contributed by atoms with Gasteiger partial charge in [-0.2, -0.15) is 0 Å². The van der Waals surface area contributed by atoms with Crippen LogP contribution in [0.3, 0.4) is 0 Å². The average molecular weight is 328 g/mol. The Morgan fingerprint density at radius 1 is 0.583 bits per heavy atom. The second kappa shape index (κ2) is 10.6. The Morgan fingerprint density at radius 2 is 0.958 bits per heavy atom. The van der Waals surface area contributed by atoms with E-state index in [1.807, 2.05) is 24.3 Å². The van der Waals surface area contributed by atoms with E-state index in [1.54, 1.807) is 12.4 Å². The third kappa shape index (κ3) is 6.57. The molecule has 2 rings (SSSR count). The molecule has 0 aliphatic carbocycles. The van der Waals surface area contributed by atoms with Crippen LogP contribution in [0.25, 0.3) is 0 Å². The lowest BCUT2D eigenvalue weighted by atomic mass is 10.0. The topological polar surface area (TPSA) is 65.7 Å². The molecule has 2 aromatic heterocycles. The van der Waals surface area contributed by atoms with Crippen LogP contribution in [0.15, 0.2) is 46.2 Å². The van der Waals surface area contributed by atoms with Gasteiger partial charge in [-0.3, -0.25) is 9.59 Å². The maximum Gasteiger partial charge on any atom is 0.251 e. The second-order valence-electron chi connectivity index (χ2n) is 6.38. The summed E-state index contributed by atoms with van der Waals surface area (Å²) in [7, 11) is 0. The largest absolute Gasteiger partial charge is 0.329 e. The first-order valence-corrected chi connectivity index (χ1v) is 9.10. The molecule has 0 saturated carbocycles. The second-order valence-corrected chi connectivity index (χ2v) is 6.38. The monoisotopic (exact) mass is 328 g/mol. The van der Waals surface area contributed by atoms with Crippen LogP contribution in [0, 0.1) is 0 Å². The fourth-order valence-electron chi connectivity index (χ4n) is 3.00. The number of pyridine rings is 2. The van der Waals surface area contributed by atoms with Gasteiger partial charge >= 0.3 is 0 Å². The molecule has 4 heteroatoms. The van der Waals surface area contributed by atoms with E-state index in [1.165, 1.54) is 38.5 Å². The Balaban J connectivity index is 1.45. The number of nitrogens with one attached hydrogen (secondary N) is 2. The molecule has 0 amide bonds. The molecule has 0 saturated heterocycles. The van der Waals surface area contributed by atoms with Crippen molar-refractivity contribution in [3.8, 4) is 0 Å². The zero-order chi connectivity index (χ0) is 17.0. The van der Waals surface area contributed by atoms with Gasteiger partial charge in [0.2, 0.25) is 0 Å². The van der Waals surface area contributed by atoms with Gasteiger partial charge in [-0.25, -0.2) is 0 Å². The van der Waals surface area contributed by atoms with E-state index in [2.05, 4.69) is 9.97 Å². The lowest BCUT2D eigenvalue weighted by Gasteiger charge is -2.03. The molecule has 0 aromatic carbocycles. The van der Waals surface area contributed by atoms with Gasteiger partial charge in [0.25, 0.3) is 11.1 Å². The van der Waals surface area contributed by atoms with Crippen LogP contribution >= 0.6 is 0 Å². The third-order valence-corrected chi connectivity index (χ3v) is 4.44. The summed E-state index contributed by atoms with van der Waals surface area (Å²) in [5.74, 6) is 0. The summed E-state index contributed by atoms with van der Waals surface area (Å²) >= 11 is 0. The fourth-order valence-corrected chi connectivity index (χ4v) is 3.00. The van der Waals surface area contributed by atoms with E-state index in [4.69, 9.17) is 0 Å². The lowest BCUT2D eigenvalue weighted by molar-refractivity contribution is 0.566. The predicted molar refractivity (Wildman–Crippen MR) is 98.5 cm³/mol. The molecule has 2 aromatic rings. The molecule has 24 heavy (non-hydrogen) atoms. The number of aryl methyl sites for hydroxylation is 2. The van der Waals surface area contributed by atoms with Gasteiger partial charge in [-0.1, -0.05) is 50.7 Å². The first-order valence-electron chi connectivity index (χ1n) is 9.10. The molecule has 0 aliphatic heterocycles. The van der Waals surface area contributed by atoms with Gasteiger partial charge in [-0.15, -0.1) is 0 Å². The van der Waals surface area contributed by atoms with Crippen molar-refractivity contribution in [2.45, 2.75) is 64.2 Å². The molecule has 130 valence electrons. The molecular weight excluding hydrogens is 300 g/mol. The molecule has 0 bridgehead atoms. The highest BCUT2D eigenvalue weighted by molar-refractivity contribution is 5.09. The van der Waals surface area contributed by atoms with Gasteiger partial charge in [0, 0.05) is 23.5 Å². The first-order chi connectivity index (χ1) is 11.8. The fraction of sp³-hybridized carbons (Fsp3) is 0.500. The van der Waals surface area contributed by atoms with Crippen LogP contribution in [0.1, 0.15) is 62.5 Å². The molecular formula is C20H28N2O2. The van der Waals surface area contributed by atoms with Gasteiger partial charge < -0.3 is 9.97 Å². The molecule has 0 aliphatic rings. The lowest BCUT2D eigenvalue weighted by Crippen LogP contribution is -2.10. The summed E-state index contributed by atoms with van der Waals surface area (Å²) in [6, 6.07) is 7.60. The number of H-pyrrole nitrogens is 2. The summed E-state index contributed by atoms with van der Waals surface area (Å²) in [4.78, 5) is 28.5. The van der Waals surface area contributed by atoms with E-state index in [0.717, 1.165) is 36.8 Å². The van der Waals surface area contributed by atoms with E-state index >= 15 is 0 Å². The third-order valence-electron chi connectivity index (χ3n) is 4.44. The van der Waals surface area contributed by atoms with Gasteiger partial charge in [0.05, 0.1) is 0 Å². The zero-order valence-corrected chi connectivity index (χ0v) is 14.4. The quantitative estimate of drug-likeness (QED) is 0.613. The zero-order valence-electron chi connectivity index (χ0n) is 14.4. The maximum absolute atomic E-state index is 11.5. The van der Waals surface area contributed by atoms with E-state index in [-0.39, 0.29) is 11.1 Å². The Bertz CT molecular complexity index is 641. The highest BCUT2D eigenvalue weighted by Gasteiger charge is 1.99. The molecule has 0 unspecified atom stereocenters. The van der Waals surface area contributed by atoms with Crippen LogP contribution < -0.4 is 11.1 Å². The van der Waals surface area contributed by atoms with Crippen molar-refractivity contribution in [2.24, 2.45) is 0 Å². The van der Waals surface area contributed by atoms with Crippen LogP contribution in [0.2, 0.25) is 0 Å². The van der Waals surface area contributed by atoms with Crippen molar-refractivity contribution in [2.75, 3.05) is 0 Å². The molecule has 0 fully saturated rings. The standard InChI is InChI=1S/C20H28N2O2/c23-19-17(13-9-15-21-19)11-7-5-3-1-2-4-6-8-12-18-14-10-16-22-20(18)24/h9-10,13-16H,1-8,11-12H2,(H,21,23)(H,22,24). The van der Waals surface area contributed by atoms with Crippen LogP contribution in [-0.2, 0) is 12.8 Å². The van der Waals surface area contributed by atoms with Crippen molar-refractivity contribution in [3.05, 3.63) is 68.5 Å². The summed E-state index contributed by atoms with van der Waals surface area (Å²) in [6.07, 6.45) is 14.7. The minimum absolute atomic E-state index is 0.0507. The molecule has 0 atom stereocenters. The smallest absolute Gasteiger partial charge is 0.251 e. The summed E-state index contributed by atoms with van der Waals surface area (Å²) in [5.41, 5.74) is 1.89. The minimum atomic E-state index is 0.0507. The summed E-state index contributed by atoms with van der Waals surface area (Å²) in [6.45, 7) is 0. The summed E-state index contributed by atoms with van der Waals surface area (Å²) in [5, 5.41) is 0. The maximum atomic E-state index is 11.5. The highest BCUT2D eigenvalue weighted by Crippen LogP contribution is 2.11. The number of hydrogen-bond donors (Lipinski definition) is 2. The SMILES string of the molecule is O=c1[nH]cccc1CCCCCCCCCCc1ccc[nH]c1=O. The predicted octanol–water partition coefficient (Wildman–Crippen LogP) is 3.97. The molecule has 4 nitrogen and oxygen atoms in total. The Morgan fingerprint density at radius 3 is 1.33 bits per heavy atom. The van der Waals surface area contributed by atoms with Crippen molar-refractivity contribution >= 4 is 0 Å². The van der Waals surface area contributed by atoms with Crippen LogP contribution in [-0.4, -0.2) is 9.97 Å².